The molecule has 1 N–H and O–H groups in total. The van der Waals surface area contributed by atoms with Crippen molar-refractivity contribution in [1.82, 2.24) is 19.7 Å². The lowest BCUT2D eigenvalue weighted by Crippen LogP contribution is -2.17. The van der Waals surface area contributed by atoms with Gasteiger partial charge in [-0.25, -0.2) is 0 Å². The molecule has 2 rings (SSSR count). The number of rotatable bonds is 4. The average Bonchev–Trinajstić information content (AvgIpc) is 2.73. The summed E-state index contributed by atoms with van der Waals surface area (Å²) in [7, 11) is 0. The van der Waals surface area contributed by atoms with Crippen LogP contribution in [0.25, 0.3) is 21.8 Å². The number of aromatic amines is 1. The van der Waals surface area contributed by atoms with Gasteiger partial charge >= 0.3 is 0 Å². The van der Waals surface area contributed by atoms with Gasteiger partial charge in [0, 0.05) is 36.5 Å². The Morgan fingerprint density at radius 1 is 1.53 bits per heavy atom. The molecule has 0 atom stereocenters. The second-order valence-electron chi connectivity index (χ2n) is 3.20. The summed E-state index contributed by atoms with van der Waals surface area (Å²) in [5, 5.41) is 6.24. The van der Waals surface area contributed by atoms with Crippen LogP contribution in [0.15, 0.2) is 34.6 Å². The highest BCUT2D eigenvalue weighted by Crippen LogP contribution is 2.08. The topological polar surface area (TPSA) is 112 Å². The van der Waals surface area contributed by atoms with Crippen molar-refractivity contribution in [2.75, 3.05) is 6.54 Å². The third kappa shape index (κ3) is 2.50. The van der Waals surface area contributed by atoms with E-state index in [0.29, 0.717) is 17.9 Å². The minimum absolute atomic E-state index is 0.196. The van der Waals surface area contributed by atoms with Crippen molar-refractivity contribution in [3.05, 3.63) is 45.5 Å². The van der Waals surface area contributed by atoms with Crippen LogP contribution < -0.4 is 5.56 Å². The first-order valence-electron chi connectivity index (χ1n) is 4.88. The van der Waals surface area contributed by atoms with Crippen LogP contribution in [-0.2, 0) is 6.54 Å². The lowest BCUT2D eigenvalue weighted by atomic mass is 10.3. The van der Waals surface area contributed by atoms with E-state index < -0.39 is 0 Å². The number of H-pyrrole nitrogens is 1. The number of hydrogen-bond donors (Lipinski definition) is 1. The van der Waals surface area contributed by atoms with Crippen molar-refractivity contribution in [3.8, 4) is 11.4 Å². The Morgan fingerprint density at radius 3 is 3.12 bits per heavy atom. The van der Waals surface area contributed by atoms with Crippen molar-refractivity contribution >= 4 is 0 Å². The van der Waals surface area contributed by atoms with E-state index in [-0.39, 0.29) is 12.1 Å². The van der Waals surface area contributed by atoms with Gasteiger partial charge in [0.05, 0.1) is 11.9 Å². The number of hydrogen-bond acceptors (Lipinski definition) is 4. The van der Waals surface area contributed by atoms with Gasteiger partial charge in [0.25, 0.3) is 5.56 Å². The molecular formula is C9H9N7O. The van der Waals surface area contributed by atoms with E-state index in [1.54, 1.807) is 18.6 Å². The average molecular weight is 231 g/mol. The number of nitrogens with zero attached hydrogens (tertiary/aromatic N) is 6. The maximum absolute atomic E-state index is 11.6. The second kappa shape index (κ2) is 4.95. The fraction of sp³-hybridized carbons (Fsp3) is 0.222. The Labute approximate surface area is 95.6 Å². The van der Waals surface area contributed by atoms with Crippen molar-refractivity contribution in [2.45, 2.75) is 6.54 Å². The normalized spacial score (nSPS) is 9.88. The summed E-state index contributed by atoms with van der Waals surface area (Å²) in [6, 6.07) is 1.43. The smallest absolute Gasteiger partial charge is 0.267 e. The minimum Gasteiger partial charge on any atom is -0.293 e. The lowest BCUT2D eigenvalue weighted by molar-refractivity contribution is 0.606. The lowest BCUT2D eigenvalue weighted by Gasteiger charge is -1.98. The molecule has 0 saturated heterocycles. The molecule has 0 aromatic carbocycles. The molecule has 0 unspecified atom stereocenters. The number of azide groups is 1. The molecule has 2 aromatic heterocycles. The van der Waals surface area contributed by atoms with E-state index >= 15 is 0 Å². The van der Waals surface area contributed by atoms with Gasteiger partial charge in [0.2, 0.25) is 0 Å². The SMILES string of the molecule is [N-]=[N+]=NCCn1[nH]c(-c2cnccn2)cc1=O. The summed E-state index contributed by atoms with van der Waals surface area (Å²) in [5.41, 5.74) is 9.12. The van der Waals surface area contributed by atoms with Crippen LogP contribution >= 0.6 is 0 Å². The van der Waals surface area contributed by atoms with E-state index in [1.807, 2.05) is 0 Å². The summed E-state index contributed by atoms with van der Waals surface area (Å²) in [4.78, 5) is 22.2. The molecule has 0 aliphatic heterocycles. The summed E-state index contributed by atoms with van der Waals surface area (Å²) in [6.45, 7) is 0.528. The highest BCUT2D eigenvalue weighted by molar-refractivity contribution is 5.51. The van der Waals surface area contributed by atoms with E-state index in [1.165, 1.54) is 10.7 Å². The van der Waals surface area contributed by atoms with Crippen LogP contribution in [0.3, 0.4) is 0 Å². The zero-order chi connectivity index (χ0) is 12.1. The van der Waals surface area contributed by atoms with Crippen LogP contribution in [0.4, 0.5) is 0 Å². The third-order valence-electron chi connectivity index (χ3n) is 2.12. The van der Waals surface area contributed by atoms with Crippen molar-refractivity contribution in [3.63, 3.8) is 0 Å². The third-order valence-corrected chi connectivity index (χ3v) is 2.12. The molecule has 0 aliphatic carbocycles. The van der Waals surface area contributed by atoms with Gasteiger partial charge in [-0.3, -0.25) is 24.5 Å². The standard InChI is InChI=1S/C9H9N7O/c10-15-13-3-4-16-9(17)5-7(14-16)8-6-11-1-2-12-8/h1-2,5-6,14H,3-4H2. The Balaban J connectivity index is 2.25. The van der Waals surface area contributed by atoms with Crippen LogP contribution in [-0.4, -0.2) is 26.3 Å². The van der Waals surface area contributed by atoms with Gasteiger partial charge in [-0.15, -0.1) is 0 Å². The molecule has 0 saturated carbocycles. The first-order chi connectivity index (χ1) is 8.31. The minimum atomic E-state index is -0.196. The first kappa shape index (κ1) is 10.9. The molecule has 0 aliphatic rings. The quantitative estimate of drug-likeness (QED) is 0.480. The Bertz CT molecular complexity index is 593. The van der Waals surface area contributed by atoms with Crippen LogP contribution in [0.1, 0.15) is 0 Å². The van der Waals surface area contributed by atoms with Gasteiger partial charge in [-0.05, 0) is 5.53 Å². The molecule has 2 aromatic rings. The molecule has 8 nitrogen and oxygen atoms in total. The van der Waals surface area contributed by atoms with Gasteiger partial charge in [-0.1, -0.05) is 5.11 Å². The van der Waals surface area contributed by atoms with Gasteiger partial charge in [0.15, 0.2) is 0 Å². The largest absolute Gasteiger partial charge is 0.293 e. The van der Waals surface area contributed by atoms with E-state index in [9.17, 15) is 4.79 Å². The van der Waals surface area contributed by atoms with Gasteiger partial charge < -0.3 is 0 Å². The van der Waals surface area contributed by atoms with E-state index in [4.69, 9.17) is 5.53 Å². The molecule has 0 bridgehead atoms. The fourth-order valence-electron chi connectivity index (χ4n) is 1.36. The zero-order valence-corrected chi connectivity index (χ0v) is 8.82. The molecule has 86 valence electrons. The van der Waals surface area contributed by atoms with Crippen LogP contribution in [0.5, 0.6) is 0 Å². The second-order valence-corrected chi connectivity index (χ2v) is 3.20. The maximum Gasteiger partial charge on any atom is 0.267 e. The maximum atomic E-state index is 11.6. The van der Waals surface area contributed by atoms with Crippen molar-refractivity contribution < 1.29 is 0 Å². The molecule has 0 radical (unpaired) electrons. The van der Waals surface area contributed by atoms with Gasteiger partial charge in [0.1, 0.15) is 5.69 Å². The molecule has 0 spiro atoms. The Kier molecular flexibility index (Phi) is 3.18. The fourth-order valence-corrected chi connectivity index (χ4v) is 1.36. The molecule has 17 heavy (non-hydrogen) atoms. The first-order valence-corrected chi connectivity index (χ1v) is 4.88. The predicted octanol–water partition coefficient (Wildman–Crippen LogP) is 0.944. The summed E-state index contributed by atoms with van der Waals surface area (Å²) >= 11 is 0. The molecule has 8 heteroatoms. The van der Waals surface area contributed by atoms with Gasteiger partial charge in [-0.2, -0.15) is 0 Å². The summed E-state index contributed by atoms with van der Waals surface area (Å²) < 4.78 is 1.36. The molecular weight excluding hydrogens is 222 g/mol. The monoisotopic (exact) mass is 231 g/mol. The van der Waals surface area contributed by atoms with E-state index in [2.05, 4.69) is 25.1 Å². The van der Waals surface area contributed by atoms with Crippen molar-refractivity contribution in [1.29, 1.82) is 0 Å². The Morgan fingerprint density at radius 2 is 2.41 bits per heavy atom. The summed E-state index contributed by atoms with van der Waals surface area (Å²) in [5.74, 6) is 0. The Hall–Kier alpha value is -2.60. The summed E-state index contributed by atoms with van der Waals surface area (Å²) in [6.07, 6.45) is 4.66. The molecule has 2 heterocycles. The van der Waals surface area contributed by atoms with Crippen molar-refractivity contribution in [2.24, 2.45) is 5.11 Å². The van der Waals surface area contributed by atoms with E-state index in [0.717, 1.165) is 0 Å². The zero-order valence-electron chi connectivity index (χ0n) is 8.82. The number of aromatic nitrogens is 4. The highest BCUT2D eigenvalue weighted by Gasteiger charge is 2.05. The van der Waals surface area contributed by atoms with Crippen LogP contribution in [0.2, 0.25) is 0 Å². The molecule has 0 amide bonds. The highest BCUT2D eigenvalue weighted by atomic mass is 16.1. The number of nitrogens with one attached hydrogen (secondary N) is 1. The molecule has 0 fully saturated rings. The van der Waals surface area contributed by atoms with Crippen LogP contribution in [0, 0.1) is 0 Å². The predicted molar refractivity (Wildman–Crippen MR) is 60.1 cm³/mol.